The Morgan fingerprint density at radius 1 is 1.47 bits per heavy atom. The van der Waals surface area contributed by atoms with E-state index in [1.165, 1.54) is 6.07 Å². The molecule has 0 aliphatic rings. The van der Waals surface area contributed by atoms with E-state index in [1.54, 1.807) is 0 Å². The number of hydrogen-bond donors (Lipinski definition) is 1. The Morgan fingerprint density at radius 2 is 2.06 bits per heavy atom. The summed E-state index contributed by atoms with van der Waals surface area (Å²) in [5.41, 5.74) is 4.62. The summed E-state index contributed by atoms with van der Waals surface area (Å²) in [6.45, 7) is 0. The lowest BCUT2D eigenvalue weighted by Crippen LogP contribution is -2.21. The Balaban J connectivity index is 3.10. The van der Waals surface area contributed by atoms with Gasteiger partial charge in [-0.3, -0.25) is 10.1 Å². The summed E-state index contributed by atoms with van der Waals surface area (Å²) >= 11 is 5.58. The van der Waals surface area contributed by atoms with Crippen LogP contribution < -0.4 is 5.73 Å². The number of nitro benzene ring substituents is 1. The van der Waals surface area contributed by atoms with Gasteiger partial charge >= 0.3 is 6.18 Å². The van der Waals surface area contributed by atoms with Crippen molar-refractivity contribution in [2.45, 2.75) is 18.6 Å². The second-order valence-electron chi connectivity index (χ2n) is 3.39. The van der Waals surface area contributed by atoms with E-state index < -0.39 is 29.2 Å². The highest BCUT2D eigenvalue weighted by atomic mass is 35.5. The number of nitrogens with two attached hydrogens (primary N) is 1. The minimum atomic E-state index is -4.49. The average molecular weight is 269 g/mol. The molecule has 0 heterocycles. The smallest absolute Gasteiger partial charge is 0.323 e. The molecule has 0 amide bonds. The summed E-state index contributed by atoms with van der Waals surface area (Å²) in [5.74, 6) is 0. The Morgan fingerprint density at radius 3 is 2.53 bits per heavy atom. The van der Waals surface area contributed by atoms with Gasteiger partial charge in [-0.1, -0.05) is 11.6 Å². The molecule has 0 spiro atoms. The summed E-state index contributed by atoms with van der Waals surface area (Å²) in [6, 6.07) is 1.84. The average Bonchev–Trinajstić information content (AvgIpc) is 2.14. The molecular weight excluding hydrogens is 261 g/mol. The van der Waals surface area contributed by atoms with Crippen molar-refractivity contribution in [3.63, 3.8) is 0 Å². The van der Waals surface area contributed by atoms with Gasteiger partial charge in [0.25, 0.3) is 5.69 Å². The van der Waals surface area contributed by atoms with Gasteiger partial charge < -0.3 is 5.73 Å². The number of nitrogens with zero attached hydrogens (tertiary/aromatic N) is 1. The summed E-state index contributed by atoms with van der Waals surface area (Å²) in [4.78, 5) is 9.84. The maximum absolute atomic E-state index is 12.1. The van der Waals surface area contributed by atoms with Crippen LogP contribution in [0.1, 0.15) is 18.0 Å². The van der Waals surface area contributed by atoms with Crippen LogP contribution in [0.25, 0.3) is 0 Å². The van der Waals surface area contributed by atoms with Gasteiger partial charge in [-0.25, -0.2) is 0 Å². The highest BCUT2D eigenvalue weighted by molar-refractivity contribution is 6.30. The normalized spacial score (nSPS) is 13.5. The highest BCUT2D eigenvalue weighted by Crippen LogP contribution is 2.33. The molecule has 4 nitrogen and oxygen atoms in total. The predicted molar refractivity (Wildman–Crippen MR) is 55.7 cm³/mol. The first kappa shape index (κ1) is 13.7. The van der Waals surface area contributed by atoms with E-state index in [-0.39, 0.29) is 10.6 Å². The summed E-state index contributed by atoms with van der Waals surface area (Å²) < 4.78 is 36.4. The van der Waals surface area contributed by atoms with E-state index in [1.807, 2.05) is 0 Å². The molecule has 0 radical (unpaired) electrons. The molecule has 0 bridgehead atoms. The molecule has 0 saturated heterocycles. The molecule has 17 heavy (non-hydrogen) atoms. The van der Waals surface area contributed by atoms with Crippen molar-refractivity contribution < 1.29 is 18.1 Å². The number of benzene rings is 1. The van der Waals surface area contributed by atoms with Crippen molar-refractivity contribution in [2.75, 3.05) is 0 Å². The third-order valence-corrected chi connectivity index (χ3v) is 2.27. The van der Waals surface area contributed by atoms with Crippen molar-refractivity contribution in [3.8, 4) is 0 Å². The van der Waals surface area contributed by atoms with Gasteiger partial charge in [0.05, 0.1) is 11.3 Å². The van der Waals surface area contributed by atoms with Crippen molar-refractivity contribution in [3.05, 3.63) is 38.9 Å². The molecule has 94 valence electrons. The molecule has 1 rings (SSSR count). The van der Waals surface area contributed by atoms with E-state index in [9.17, 15) is 23.3 Å². The maximum atomic E-state index is 12.1. The van der Waals surface area contributed by atoms with Crippen molar-refractivity contribution >= 4 is 17.3 Å². The van der Waals surface area contributed by atoms with Crippen LogP contribution >= 0.6 is 11.6 Å². The molecule has 0 aliphatic heterocycles. The first-order valence-electron chi connectivity index (χ1n) is 4.47. The van der Waals surface area contributed by atoms with E-state index in [0.29, 0.717) is 0 Å². The quantitative estimate of drug-likeness (QED) is 0.676. The zero-order valence-electron chi connectivity index (χ0n) is 8.37. The summed E-state index contributed by atoms with van der Waals surface area (Å²) in [7, 11) is 0. The molecule has 0 aliphatic carbocycles. The number of alkyl halides is 3. The first-order valence-corrected chi connectivity index (χ1v) is 4.84. The fourth-order valence-corrected chi connectivity index (χ4v) is 1.53. The van der Waals surface area contributed by atoms with Crippen LogP contribution in [0.2, 0.25) is 5.02 Å². The largest absolute Gasteiger partial charge is 0.390 e. The zero-order chi connectivity index (χ0) is 13.2. The SMILES string of the molecule is N[C@@H](CC(F)(F)F)c1cc(Cl)ccc1[N+](=O)[O-]. The number of rotatable bonds is 3. The minimum absolute atomic E-state index is 0.100. The molecule has 0 unspecified atom stereocenters. The van der Waals surface area contributed by atoms with Crippen LogP contribution in [-0.2, 0) is 0 Å². The van der Waals surface area contributed by atoms with Crippen LogP contribution in [0, 0.1) is 10.1 Å². The molecule has 0 aromatic heterocycles. The van der Waals surface area contributed by atoms with Gasteiger partial charge in [-0.15, -0.1) is 0 Å². The van der Waals surface area contributed by atoms with Gasteiger partial charge in [0.1, 0.15) is 0 Å². The van der Waals surface area contributed by atoms with Crippen molar-refractivity contribution in [1.29, 1.82) is 0 Å². The fourth-order valence-electron chi connectivity index (χ4n) is 1.35. The Bertz CT molecular complexity index is 437. The predicted octanol–water partition coefficient (Wildman–Crippen LogP) is 3.20. The van der Waals surface area contributed by atoms with Gasteiger partial charge in [0.2, 0.25) is 0 Å². The Hall–Kier alpha value is -1.34. The molecular formula is C9H8ClF3N2O2. The minimum Gasteiger partial charge on any atom is -0.323 e. The van der Waals surface area contributed by atoms with Crippen LogP contribution in [0.4, 0.5) is 18.9 Å². The standard InChI is InChI=1S/C9H8ClF3N2O2/c10-5-1-2-8(15(16)17)6(3-5)7(14)4-9(11,12)13/h1-3,7H,4,14H2/t7-/m0/s1. The zero-order valence-corrected chi connectivity index (χ0v) is 9.13. The fraction of sp³-hybridized carbons (Fsp3) is 0.333. The van der Waals surface area contributed by atoms with Crippen LogP contribution in [-0.4, -0.2) is 11.1 Å². The molecule has 1 aromatic carbocycles. The second-order valence-corrected chi connectivity index (χ2v) is 3.82. The number of nitro groups is 1. The van der Waals surface area contributed by atoms with E-state index in [0.717, 1.165) is 12.1 Å². The molecule has 0 fully saturated rings. The van der Waals surface area contributed by atoms with Crippen LogP contribution in [0.5, 0.6) is 0 Å². The van der Waals surface area contributed by atoms with Gasteiger partial charge in [0.15, 0.2) is 0 Å². The van der Waals surface area contributed by atoms with E-state index in [4.69, 9.17) is 17.3 Å². The van der Waals surface area contributed by atoms with E-state index in [2.05, 4.69) is 0 Å². The number of hydrogen-bond acceptors (Lipinski definition) is 3. The monoisotopic (exact) mass is 268 g/mol. The first-order chi connectivity index (χ1) is 7.70. The summed E-state index contributed by atoms with van der Waals surface area (Å²) in [6.07, 6.45) is -5.83. The van der Waals surface area contributed by atoms with Crippen LogP contribution in [0.15, 0.2) is 18.2 Å². The lowest BCUT2D eigenvalue weighted by atomic mass is 10.0. The van der Waals surface area contributed by atoms with Gasteiger partial charge in [-0.2, -0.15) is 13.2 Å². The third kappa shape index (κ3) is 3.86. The second kappa shape index (κ2) is 4.89. The Kier molecular flexibility index (Phi) is 3.94. The molecule has 0 saturated carbocycles. The van der Waals surface area contributed by atoms with Gasteiger partial charge in [-0.05, 0) is 12.1 Å². The van der Waals surface area contributed by atoms with Crippen molar-refractivity contribution in [2.24, 2.45) is 5.73 Å². The van der Waals surface area contributed by atoms with Gasteiger partial charge in [0, 0.05) is 22.7 Å². The maximum Gasteiger partial charge on any atom is 0.390 e. The Labute approximate surface area is 99.3 Å². The van der Waals surface area contributed by atoms with E-state index >= 15 is 0 Å². The lowest BCUT2D eigenvalue weighted by molar-refractivity contribution is -0.385. The molecule has 2 N–H and O–H groups in total. The topological polar surface area (TPSA) is 69.2 Å². The molecule has 1 atom stereocenters. The number of halogens is 4. The highest BCUT2D eigenvalue weighted by Gasteiger charge is 2.33. The molecule has 8 heteroatoms. The third-order valence-electron chi connectivity index (χ3n) is 2.04. The van der Waals surface area contributed by atoms with Crippen molar-refractivity contribution in [1.82, 2.24) is 0 Å². The lowest BCUT2D eigenvalue weighted by Gasteiger charge is -2.14. The van der Waals surface area contributed by atoms with Crippen LogP contribution in [0.3, 0.4) is 0 Å². The summed E-state index contributed by atoms with van der Waals surface area (Å²) in [5, 5.41) is 10.7. The molecule has 1 aromatic rings.